The van der Waals surface area contributed by atoms with E-state index in [1.807, 2.05) is 0 Å². The average Bonchev–Trinajstić information content (AvgIpc) is 2.45. The third-order valence-corrected chi connectivity index (χ3v) is 2.90. The summed E-state index contributed by atoms with van der Waals surface area (Å²) in [6.07, 6.45) is -9.19. The Labute approximate surface area is 126 Å². The average molecular weight is 334 g/mol. The maximum atomic E-state index is 12.6. The van der Waals surface area contributed by atoms with Gasteiger partial charge in [-0.1, -0.05) is 18.2 Å². The van der Waals surface area contributed by atoms with Crippen LogP contribution in [0.1, 0.15) is 15.9 Å². The highest BCUT2D eigenvalue weighted by atomic mass is 19.4. The first kappa shape index (κ1) is 16.9. The molecule has 2 rings (SSSR count). The standard InChI is InChI=1S/C15H8F6O2/c16-14(17,18)11-3-6-13(10(7-11)8-22)9-1-4-12(5-2-9)23-15(19,20)21/h1-8H. The van der Waals surface area contributed by atoms with Crippen molar-refractivity contribution in [3.05, 3.63) is 53.6 Å². The van der Waals surface area contributed by atoms with E-state index in [2.05, 4.69) is 4.74 Å². The highest BCUT2D eigenvalue weighted by Gasteiger charge is 2.32. The fourth-order valence-electron chi connectivity index (χ4n) is 1.94. The highest BCUT2D eigenvalue weighted by Crippen LogP contribution is 2.33. The fourth-order valence-corrected chi connectivity index (χ4v) is 1.94. The van der Waals surface area contributed by atoms with E-state index in [9.17, 15) is 31.1 Å². The van der Waals surface area contributed by atoms with Crippen molar-refractivity contribution in [2.45, 2.75) is 12.5 Å². The number of hydrogen-bond acceptors (Lipinski definition) is 2. The van der Waals surface area contributed by atoms with Gasteiger partial charge < -0.3 is 4.74 Å². The normalized spacial score (nSPS) is 12.1. The molecule has 0 fully saturated rings. The van der Waals surface area contributed by atoms with Crippen LogP contribution in [0.15, 0.2) is 42.5 Å². The first-order chi connectivity index (χ1) is 10.6. The second-order valence-electron chi connectivity index (χ2n) is 4.49. The Bertz CT molecular complexity index is 701. The molecule has 122 valence electrons. The Morgan fingerprint density at radius 2 is 1.48 bits per heavy atom. The third kappa shape index (κ3) is 4.24. The molecule has 0 aromatic heterocycles. The van der Waals surface area contributed by atoms with Gasteiger partial charge in [-0.05, 0) is 35.4 Å². The highest BCUT2D eigenvalue weighted by molar-refractivity contribution is 5.88. The molecule has 0 saturated heterocycles. The largest absolute Gasteiger partial charge is 0.573 e. The quantitative estimate of drug-likeness (QED) is 0.578. The molecular formula is C15H8F6O2. The van der Waals surface area contributed by atoms with Crippen LogP contribution in [0.2, 0.25) is 0 Å². The molecule has 0 amide bonds. The second-order valence-corrected chi connectivity index (χ2v) is 4.49. The molecule has 2 aromatic carbocycles. The summed E-state index contributed by atoms with van der Waals surface area (Å²) in [6, 6.07) is 7.02. The predicted octanol–water partition coefficient (Wildman–Crippen LogP) is 5.08. The SMILES string of the molecule is O=Cc1cc(C(F)(F)F)ccc1-c1ccc(OC(F)(F)F)cc1. The Hall–Kier alpha value is -2.51. The lowest BCUT2D eigenvalue weighted by atomic mass is 9.98. The Kier molecular flexibility index (Phi) is 4.35. The van der Waals surface area contributed by atoms with Gasteiger partial charge in [0.15, 0.2) is 6.29 Å². The molecule has 2 nitrogen and oxygen atoms in total. The van der Waals surface area contributed by atoms with Gasteiger partial charge in [-0.15, -0.1) is 13.2 Å². The van der Waals surface area contributed by atoms with Crippen LogP contribution in [-0.2, 0) is 6.18 Å². The lowest BCUT2D eigenvalue weighted by Gasteiger charge is -2.12. The Balaban J connectivity index is 2.37. The van der Waals surface area contributed by atoms with Gasteiger partial charge in [-0.25, -0.2) is 0 Å². The van der Waals surface area contributed by atoms with Crippen molar-refractivity contribution in [2.24, 2.45) is 0 Å². The Morgan fingerprint density at radius 3 is 1.96 bits per heavy atom. The summed E-state index contributed by atoms with van der Waals surface area (Å²) in [6.45, 7) is 0. The number of halogens is 6. The van der Waals surface area contributed by atoms with Crippen molar-refractivity contribution < 1.29 is 35.9 Å². The molecule has 0 spiro atoms. The van der Waals surface area contributed by atoms with Gasteiger partial charge in [0.05, 0.1) is 5.56 Å². The number of alkyl halides is 6. The van der Waals surface area contributed by atoms with Crippen molar-refractivity contribution in [2.75, 3.05) is 0 Å². The molecule has 0 atom stereocenters. The van der Waals surface area contributed by atoms with E-state index in [1.165, 1.54) is 12.1 Å². The summed E-state index contributed by atoms with van der Waals surface area (Å²) in [7, 11) is 0. The van der Waals surface area contributed by atoms with Gasteiger partial charge in [0.1, 0.15) is 5.75 Å². The molecule has 0 unspecified atom stereocenters. The molecule has 0 aliphatic rings. The van der Waals surface area contributed by atoms with Crippen molar-refractivity contribution in [1.29, 1.82) is 0 Å². The van der Waals surface area contributed by atoms with E-state index in [1.54, 1.807) is 0 Å². The summed E-state index contributed by atoms with van der Waals surface area (Å²) in [5, 5.41) is 0. The molecule has 0 radical (unpaired) electrons. The number of rotatable bonds is 3. The summed E-state index contributed by atoms with van der Waals surface area (Å²) in [5.74, 6) is -0.471. The van der Waals surface area contributed by atoms with Crippen molar-refractivity contribution in [3.63, 3.8) is 0 Å². The molecule has 0 aliphatic heterocycles. The molecule has 0 saturated carbocycles. The lowest BCUT2D eigenvalue weighted by molar-refractivity contribution is -0.274. The molecule has 0 N–H and O–H groups in total. The molecule has 0 heterocycles. The van der Waals surface area contributed by atoms with E-state index in [0.29, 0.717) is 6.07 Å². The van der Waals surface area contributed by atoms with Crippen LogP contribution in [0.25, 0.3) is 11.1 Å². The smallest absolute Gasteiger partial charge is 0.406 e. The summed E-state index contributed by atoms with van der Waals surface area (Å²) < 4.78 is 77.7. The molecule has 0 bridgehead atoms. The number of carbonyl (C=O) groups is 1. The van der Waals surface area contributed by atoms with Crippen molar-refractivity contribution >= 4 is 6.29 Å². The molecule has 2 aromatic rings. The van der Waals surface area contributed by atoms with E-state index < -0.39 is 23.9 Å². The van der Waals surface area contributed by atoms with Gasteiger partial charge >= 0.3 is 12.5 Å². The minimum atomic E-state index is -4.84. The van der Waals surface area contributed by atoms with Gasteiger partial charge in [-0.3, -0.25) is 4.79 Å². The topological polar surface area (TPSA) is 26.3 Å². The fraction of sp³-hybridized carbons (Fsp3) is 0.133. The first-order valence-electron chi connectivity index (χ1n) is 6.13. The minimum Gasteiger partial charge on any atom is -0.406 e. The van der Waals surface area contributed by atoms with E-state index in [4.69, 9.17) is 0 Å². The lowest BCUT2D eigenvalue weighted by Crippen LogP contribution is -2.16. The van der Waals surface area contributed by atoms with Crippen molar-refractivity contribution in [1.82, 2.24) is 0 Å². The number of hydrogen-bond donors (Lipinski definition) is 0. The summed E-state index contributed by atoms with van der Waals surface area (Å²) >= 11 is 0. The minimum absolute atomic E-state index is 0.173. The monoisotopic (exact) mass is 334 g/mol. The maximum absolute atomic E-state index is 12.6. The van der Waals surface area contributed by atoms with E-state index >= 15 is 0 Å². The zero-order valence-corrected chi connectivity index (χ0v) is 11.2. The summed E-state index contributed by atoms with van der Waals surface area (Å²) in [4.78, 5) is 11.0. The Morgan fingerprint density at radius 1 is 0.870 bits per heavy atom. The van der Waals surface area contributed by atoms with Crippen molar-refractivity contribution in [3.8, 4) is 16.9 Å². The third-order valence-electron chi connectivity index (χ3n) is 2.90. The van der Waals surface area contributed by atoms with E-state index in [0.717, 1.165) is 24.3 Å². The van der Waals surface area contributed by atoms with Gasteiger partial charge in [0.2, 0.25) is 0 Å². The van der Waals surface area contributed by atoms with Gasteiger partial charge in [-0.2, -0.15) is 13.2 Å². The van der Waals surface area contributed by atoms with Gasteiger partial charge in [0.25, 0.3) is 0 Å². The van der Waals surface area contributed by atoms with Gasteiger partial charge in [0, 0.05) is 5.56 Å². The van der Waals surface area contributed by atoms with Crippen LogP contribution in [0.3, 0.4) is 0 Å². The number of ether oxygens (including phenoxy) is 1. The number of benzene rings is 2. The molecular weight excluding hydrogens is 326 g/mol. The van der Waals surface area contributed by atoms with Crippen LogP contribution in [0, 0.1) is 0 Å². The van der Waals surface area contributed by atoms with Crippen LogP contribution in [0.4, 0.5) is 26.3 Å². The number of aldehydes is 1. The van der Waals surface area contributed by atoms with Crippen LogP contribution in [-0.4, -0.2) is 12.6 Å². The first-order valence-corrected chi connectivity index (χ1v) is 6.13. The van der Waals surface area contributed by atoms with Crippen LogP contribution in [0.5, 0.6) is 5.75 Å². The van der Waals surface area contributed by atoms with Crippen LogP contribution < -0.4 is 4.74 Å². The molecule has 23 heavy (non-hydrogen) atoms. The zero-order chi connectivity index (χ0) is 17.3. The second kappa shape index (κ2) is 5.94. The zero-order valence-electron chi connectivity index (χ0n) is 11.2. The summed E-state index contributed by atoms with van der Waals surface area (Å²) in [5.41, 5.74) is -0.744. The number of carbonyl (C=O) groups excluding carboxylic acids is 1. The molecule has 0 aliphatic carbocycles. The molecule has 8 heteroatoms. The predicted molar refractivity (Wildman–Crippen MR) is 69.0 cm³/mol. The van der Waals surface area contributed by atoms with Crippen LogP contribution >= 0.6 is 0 Å². The maximum Gasteiger partial charge on any atom is 0.573 e. The van der Waals surface area contributed by atoms with E-state index in [-0.39, 0.29) is 23.0 Å².